The molecule has 0 spiro atoms. The first-order valence-electron chi connectivity index (χ1n) is 6.66. The maximum Gasteiger partial charge on any atom is 0.304 e. The average Bonchev–Trinajstić information content (AvgIpc) is 3.11. The molecule has 0 bridgehead atoms. The number of imidazole rings is 1. The van der Waals surface area contributed by atoms with E-state index in [-0.39, 0.29) is 14.1 Å². The van der Waals surface area contributed by atoms with E-state index in [2.05, 4.69) is 15.0 Å². The Kier molecular flexibility index (Phi) is 4.24. The van der Waals surface area contributed by atoms with Gasteiger partial charge in [-0.2, -0.15) is 8.42 Å². The monoisotopic (exact) mass is 369 g/mol. The highest BCUT2D eigenvalue weighted by Crippen LogP contribution is 2.37. The minimum atomic E-state index is -4.37. The Morgan fingerprint density at radius 2 is 2.22 bits per heavy atom. The molecule has 0 radical (unpaired) electrons. The molecule has 0 aliphatic rings. The Morgan fingerprint density at radius 3 is 2.83 bits per heavy atom. The number of aromatic nitrogens is 3. The molecule has 23 heavy (non-hydrogen) atoms. The molecule has 2 N–H and O–H groups in total. The molecule has 0 unspecified atom stereocenters. The van der Waals surface area contributed by atoms with Crippen molar-refractivity contribution in [1.29, 1.82) is 0 Å². The summed E-state index contributed by atoms with van der Waals surface area (Å²) in [5.74, 6) is 0.344. The van der Waals surface area contributed by atoms with Crippen molar-refractivity contribution >= 4 is 33.1 Å². The number of aromatic amines is 1. The minimum absolute atomic E-state index is 0.225. The lowest BCUT2D eigenvalue weighted by atomic mass is 10.1. The van der Waals surface area contributed by atoms with Crippen LogP contribution in [0.25, 0.3) is 22.6 Å². The third-order valence-electron chi connectivity index (χ3n) is 3.22. The lowest BCUT2D eigenvalue weighted by Gasteiger charge is -1.98. The summed E-state index contributed by atoms with van der Waals surface area (Å²) < 4.78 is 32.5. The summed E-state index contributed by atoms with van der Waals surface area (Å²) in [7, 11) is -4.37. The Labute approximate surface area is 141 Å². The Morgan fingerprint density at radius 1 is 1.43 bits per heavy atom. The van der Waals surface area contributed by atoms with E-state index < -0.39 is 10.1 Å². The van der Waals surface area contributed by atoms with Crippen LogP contribution in [0.4, 0.5) is 0 Å². The molecule has 3 rings (SSSR count). The smallest absolute Gasteiger partial charge is 0.304 e. The van der Waals surface area contributed by atoms with E-state index in [9.17, 15) is 13.0 Å². The van der Waals surface area contributed by atoms with E-state index in [1.165, 1.54) is 6.07 Å². The van der Waals surface area contributed by atoms with Gasteiger partial charge < -0.3 is 4.98 Å². The van der Waals surface area contributed by atoms with Crippen molar-refractivity contribution in [3.63, 3.8) is 0 Å². The standard InChI is InChI=1S/C14H12ClN3O3S2/c1-2-10-12(8-4-3-5-16-7-8)18-13(17-10)9-6-11(15)22-14(9)23(19,20)21/h3-7H,2H2,1H3,(H,17,18)(H,19,20,21). The van der Waals surface area contributed by atoms with Crippen LogP contribution in [-0.4, -0.2) is 27.9 Å². The summed E-state index contributed by atoms with van der Waals surface area (Å²) in [5.41, 5.74) is 2.62. The van der Waals surface area contributed by atoms with Crippen molar-refractivity contribution in [2.75, 3.05) is 0 Å². The van der Waals surface area contributed by atoms with Gasteiger partial charge in [-0.25, -0.2) is 4.98 Å². The van der Waals surface area contributed by atoms with Crippen molar-refractivity contribution in [2.24, 2.45) is 0 Å². The summed E-state index contributed by atoms with van der Waals surface area (Å²) in [6.07, 6.45) is 4.03. The van der Waals surface area contributed by atoms with Crippen molar-refractivity contribution in [3.8, 4) is 22.6 Å². The molecule has 0 saturated heterocycles. The van der Waals surface area contributed by atoms with Gasteiger partial charge in [-0.1, -0.05) is 18.5 Å². The highest BCUT2D eigenvalue weighted by atomic mass is 35.5. The minimum Gasteiger partial charge on any atom is -0.341 e. The summed E-state index contributed by atoms with van der Waals surface area (Å²) >= 11 is 6.70. The lowest BCUT2D eigenvalue weighted by molar-refractivity contribution is 0.486. The second kappa shape index (κ2) is 6.04. The fourth-order valence-corrected chi connectivity index (χ4v) is 4.46. The van der Waals surface area contributed by atoms with Crippen LogP contribution in [0.5, 0.6) is 0 Å². The summed E-state index contributed by atoms with van der Waals surface area (Å²) in [5, 5.41) is 0. The first kappa shape index (κ1) is 16.1. The van der Waals surface area contributed by atoms with Crippen molar-refractivity contribution in [2.45, 2.75) is 17.6 Å². The molecule has 0 aliphatic heterocycles. The van der Waals surface area contributed by atoms with Crippen LogP contribution in [0.3, 0.4) is 0 Å². The summed E-state index contributed by atoms with van der Waals surface area (Å²) in [6, 6.07) is 5.14. The number of halogens is 1. The van der Waals surface area contributed by atoms with Gasteiger partial charge in [0, 0.05) is 23.7 Å². The van der Waals surface area contributed by atoms with E-state index in [1.807, 2.05) is 13.0 Å². The van der Waals surface area contributed by atoms with E-state index >= 15 is 0 Å². The summed E-state index contributed by atoms with van der Waals surface area (Å²) in [4.78, 5) is 11.7. The van der Waals surface area contributed by atoms with E-state index in [4.69, 9.17) is 11.6 Å². The van der Waals surface area contributed by atoms with Gasteiger partial charge in [0.2, 0.25) is 0 Å². The Hall–Kier alpha value is -1.74. The molecule has 3 aromatic rings. The number of thiophene rings is 1. The number of hydrogen-bond acceptors (Lipinski definition) is 5. The summed E-state index contributed by atoms with van der Waals surface area (Å²) in [6.45, 7) is 1.96. The van der Waals surface area contributed by atoms with Gasteiger partial charge in [0.1, 0.15) is 5.82 Å². The predicted molar refractivity (Wildman–Crippen MR) is 89.3 cm³/mol. The number of nitrogens with one attached hydrogen (secondary N) is 1. The van der Waals surface area contributed by atoms with Crippen molar-refractivity contribution in [3.05, 3.63) is 40.6 Å². The van der Waals surface area contributed by atoms with Gasteiger partial charge in [-0.15, -0.1) is 11.3 Å². The SMILES string of the molecule is CCc1[nH]c(-c2cc(Cl)sc2S(=O)(=O)O)nc1-c1cccnc1. The van der Waals surface area contributed by atoms with Gasteiger partial charge in [0.15, 0.2) is 4.21 Å². The molecule has 0 fully saturated rings. The van der Waals surface area contributed by atoms with Crippen LogP contribution in [0.15, 0.2) is 34.8 Å². The first-order chi connectivity index (χ1) is 10.9. The molecule has 3 heterocycles. The number of pyridine rings is 1. The first-order valence-corrected chi connectivity index (χ1v) is 9.30. The molecular formula is C14H12ClN3O3S2. The van der Waals surface area contributed by atoms with Gasteiger partial charge in [-0.05, 0) is 24.6 Å². The number of rotatable bonds is 4. The third-order valence-corrected chi connectivity index (χ3v) is 5.85. The van der Waals surface area contributed by atoms with Crippen LogP contribution in [0, 0.1) is 0 Å². The zero-order valence-corrected chi connectivity index (χ0v) is 14.3. The molecule has 0 amide bonds. The van der Waals surface area contributed by atoms with Crippen molar-refractivity contribution in [1.82, 2.24) is 15.0 Å². The van der Waals surface area contributed by atoms with Crippen LogP contribution in [0.1, 0.15) is 12.6 Å². The van der Waals surface area contributed by atoms with Crippen LogP contribution >= 0.6 is 22.9 Å². The maximum atomic E-state index is 11.5. The zero-order chi connectivity index (χ0) is 16.6. The van der Waals surface area contributed by atoms with Crippen LogP contribution in [0.2, 0.25) is 4.34 Å². The highest BCUT2D eigenvalue weighted by molar-refractivity contribution is 7.88. The van der Waals surface area contributed by atoms with E-state index in [1.54, 1.807) is 18.5 Å². The number of hydrogen-bond donors (Lipinski definition) is 2. The molecule has 0 atom stereocenters. The molecule has 3 aromatic heterocycles. The van der Waals surface area contributed by atoms with Crippen LogP contribution < -0.4 is 0 Å². The second-order valence-corrected chi connectivity index (χ2v) is 8.03. The molecule has 6 nitrogen and oxygen atoms in total. The Balaban J connectivity index is 2.19. The predicted octanol–water partition coefficient (Wildman–Crippen LogP) is 3.66. The fraction of sp³-hybridized carbons (Fsp3) is 0.143. The topological polar surface area (TPSA) is 95.9 Å². The Bertz CT molecular complexity index is 949. The van der Waals surface area contributed by atoms with E-state index in [0.717, 1.165) is 22.6 Å². The third kappa shape index (κ3) is 3.16. The molecule has 120 valence electrons. The van der Waals surface area contributed by atoms with Crippen molar-refractivity contribution < 1.29 is 13.0 Å². The molecule has 0 aliphatic carbocycles. The van der Waals surface area contributed by atoms with Gasteiger partial charge in [0.25, 0.3) is 0 Å². The van der Waals surface area contributed by atoms with Gasteiger partial charge in [-0.3, -0.25) is 9.54 Å². The normalized spacial score (nSPS) is 11.8. The quantitative estimate of drug-likeness (QED) is 0.684. The van der Waals surface area contributed by atoms with E-state index in [0.29, 0.717) is 17.9 Å². The number of nitrogens with zero attached hydrogens (tertiary/aromatic N) is 2. The number of aryl methyl sites for hydroxylation is 1. The lowest BCUT2D eigenvalue weighted by Crippen LogP contribution is -1.97. The highest BCUT2D eigenvalue weighted by Gasteiger charge is 2.24. The van der Waals surface area contributed by atoms with Crippen LogP contribution in [-0.2, 0) is 16.5 Å². The zero-order valence-electron chi connectivity index (χ0n) is 11.9. The van der Waals surface area contributed by atoms with Gasteiger partial charge in [0.05, 0.1) is 15.6 Å². The average molecular weight is 370 g/mol. The second-order valence-electron chi connectivity index (χ2n) is 4.73. The maximum absolute atomic E-state index is 11.5. The molecule has 9 heteroatoms. The molecular weight excluding hydrogens is 358 g/mol. The fourth-order valence-electron chi connectivity index (χ4n) is 2.24. The molecule has 0 saturated carbocycles. The number of H-pyrrole nitrogens is 1. The largest absolute Gasteiger partial charge is 0.341 e. The van der Waals surface area contributed by atoms with Gasteiger partial charge >= 0.3 is 10.1 Å². The molecule has 0 aromatic carbocycles.